The fourth-order valence-electron chi connectivity index (χ4n) is 1.92. The highest BCUT2D eigenvalue weighted by atomic mass is 16.2. The van der Waals surface area contributed by atoms with Crippen molar-refractivity contribution in [2.75, 3.05) is 7.05 Å². The van der Waals surface area contributed by atoms with Gasteiger partial charge in [-0.2, -0.15) is 5.10 Å². The fraction of sp³-hybridized carbons (Fsp3) is 0.714. The van der Waals surface area contributed by atoms with Crippen LogP contribution in [-0.2, 0) is 17.9 Å². The highest BCUT2D eigenvalue weighted by molar-refractivity contribution is 5.76. The van der Waals surface area contributed by atoms with Crippen LogP contribution in [0.2, 0.25) is 0 Å². The van der Waals surface area contributed by atoms with Crippen LogP contribution in [0.25, 0.3) is 0 Å². The van der Waals surface area contributed by atoms with Gasteiger partial charge in [0.1, 0.15) is 6.54 Å². The maximum atomic E-state index is 12.0. The van der Waals surface area contributed by atoms with Gasteiger partial charge in [-0.15, -0.1) is 0 Å². The highest BCUT2D eigenvalue weighted by Crippen LogP contribution is 2.12. The summed E-state index contributed by atoms with van der Waals surface area (Å²) in [6.45, 7) is 11.3. The Kier molecular flexibility index (Phi) is 5.54. The second-order valence-electron chi connectivity index (χ2n) is 5.44. The lowest BCUT2D eigenvalue weighted by Gasteiger charge is -2.17. The molecule has 0 aliphatic heterocycles. The number of aryl methyl sites for hydroxylation is 1. The van der Waals surface area contributed by atoms with Gasteiger partial charge < -0.3 is 10.6 Å². The van der Waals surface area contributed by atoms with Crippen LogP contribution in [0.3, 0.4) is 0 Å². The monoisotopic (exact) mass is 266 g/mol. The maximum absolute atomic E-state index is 12.0. The molecule has 1 heterocycles. The predicted molar refractivity (Wildman–Crippen MR) is 76.9 cm³/mol. The van der Waals surface area contributed by atoms with Gasteiger partial charge in [0.2, 0.25) is 5.91 Å². The lowest BCUT2D eigenvalue weighted by atomic mass is 10.1. The van der Waals surface area contributed by atoms with Gasteiger partial charge >= 0.3 is 0 Å². The average molecular weight is 266 g/mol. The van der Waals surface area contributed by atoms with Crippen LogP contribution in [0.5, 0.6) is 0 Å². The van der Waals surface area contributed by atoms with Crippen LogP contribution in [0.15, 0.2) is 0 Å². The van der Waals surface area contributed by atoms with Crippen molar-refractivity contribution in [1.29, 1.82) is 0 Å². The van der Waals surface area contributed by atoms with E-state index in [-0.39, 0.29) is 18.5 Å². The molecule has 0 bridgehead atoms. The molecule has 5 heteroatoms. The van der Waals surface area contributed by atoms with Crippen molar-refractivity contribution in [3.05, 3.63) is 17.0 Å². The first-order valence-corrected chi connectivity index (χ1v) is 6.83. The molecule has 5 nitrogen and oxygen atoms in total. The summed E-state index contributed by atoms with van der Waals surface area (Å²) in [7, 11) is 1.91. The van der Waals surface area contributed by atoms with Crippen molar-refractivity contribution in [3.8, 4) is 0 Å². The summed E-state index contributed by atoms with van der Waals surface area (Å²) >= 11 is 0. The fourth-order valence-corrected chi connectivity index (χ4v) is 1.92. The molecule has 0 saturated heterocycles. The normalized spacial score (nSPS) is 12.8. The van der Waals surface area contributed by atoms with Crippen molar-refractivity contribution in [1.82, 2.24) is 20.4 Å². The lowest BCUT2D eigenvalue weighted by Crippen LogP contribution is -2.38. The van der Waals surface area contributed by atoms with E-state index in [2.05, 4.69) is 29.6 Å². The van der Waals surface area contributed by atoms with Crippen molar-refractivity contribution in [2.45, 2.75) is 53.8 Å². The van der Waals surface area contributed by atoms with E-state index in [4.69, 9.17) is 0 Å². The minimum absolute atomic E-state index is 0.0165. The van der Waals surface area contributed by atoms with E-state index in [9.17, 15) is 4.79 Å². The second-order valence-corrected chi connectivity index (χ2v) is 5.44. The third kappa shape index (κ3) is 4.06. The molecule has 0 aliphatic rings. The van der Waals surface area contributed by atoms with Gasteiger partial charge in [0.15, 0.2) is 0 Å². The average Bonchev–Trinajstić information content (AvgIpc) is 2.57. The molecule has 1 unspecified atom stereocenters. The van der Waals surface area contributed by atoms with Gasteiger partial charge in [0.05, 0.1) is 5.69 Å². The molecule has 2 N–H and O–H groups in total. The first kappa shape index (κ1) is 15.7. The summed E-state index contributed by atoms with van der Waals surface area (Å²) in [5.41, 5.74) is 3.21. The Hall–Kier alpha value is -1.36. The lowest BCUT2D eigenvalue weighted by molar-refractivity contribution is -0.122. The molecule has 1 rings (SSSR count). The van der Waals surface area contributed by atoms with E-state index in [1.165, 1.54) is 5.56 Å². The van der Waals surface area contributed by atoms with E-state index in [0.717, 1.165) is 17.9 Å². The zero-order chi connectivity index (χ0) is 14.6. The van der Waals surface area contributed by atoms with Crippen LogP contribution in [0.4, 0.5) is 0 Å². The van der Waals surface area contributed by atoms with E-state index >= 15 is 0 Å². The van der Waals surface area contributed by atoms with Crippen LogP contribution in [-0.4, -0.2) is 28.8 Å². The first-order chi connectivity index (χ1) is 8.86. The van der Waals surface area contributed by atoms with E-state index < -0.39 is 0 Å². The molecule has 1 aromatic heterocycles. The zero-order valence-electron chi connectivity index (χ0n) is 12.9. The quantitative estimate of drug-likeness (QED) is 0.818. The van der Waals surface area contributed by atoms with Crippen LogP contribution >= 0.6 is 0 Å². The van der Waals surface area contributed by atoms with E-state index in [1.807, 2.05) is 27.8 Å². The Labute approximate surface area is 115 Å². The number of rotatable bonds is 6. The second kappa shape index (κ2) is 6.70. The Morgan fingerprint density at radius 3 is 2.47 bits per heavy atom. The molecule has 0 spiro atoms. The van der Waals surface area contributed by atoms with Crippen molar-refractivity contribution in [2.24, 2.45) is 5.92 Å². The van der Waals surface area contributed by atoms with E-state index in [1.54, 1.807) is 4.68 Å². The molecule has 1 amide bonds. The largest absolute Gasteiger partial charge is 0.352 e. The number of hydrogen-bond donors (Lipinski definition) is 2. The molecular formula is C14H26N4O. The van der Waals surface area contributed by atoms with Crippen molar-refractivity contribution >= 4 is 5.91 Å². The molecule has 19 heavy (non-hydrogen) atoms. The summed E-state index contributed by atoms with van der Waals surface area (Å²) in [5.74, 6) is 0.451. The summed E-state index contributed by atoms with van der Waals surface area (Å²) in [6.07, 6.45) is 0. The standard InChI is InChI=1S/C14H26N4O/c1-9(2)10(3)16-14(19)8-18-12(5)13(7-15-6)11(4)17-18/h9-10,15H,7-8H2,1-6H3,(H,16,19). The minimum atomic E-state index is 0.0165. The Balaban J connectivity index is 2.72. The first-order valence-electron chi connectivity index (χ1n) is 6.83. The predicted octanol–water partition coefficient (Wildman–Crippen LogP) is 1.38. The highest BCUT2D eigenvalue weighted by Gasteiger charge is 2.15. The van der Waals surface area contributed by atoms with Gasteiger partial charge in [-0.3, -0.25) is 9.48 Å². The van der Waals surface area contributed by atoms with Crippen molar-refractivity contribution in [3.63, 3.8) is 0 Å². The zero-order valence-corrected chi connectivity index (χ0v) is 12.9. The smallest absolute Gasteiger partial charge is 0.241 e. The number of nitrogens with zero attached hydrogens (tertiary/aromatic N) is 2. The van der Waals surface area contributed by atoms with Gasteiger partial charge in [-0.1, -0.05) is 13.8 Å². The summed E-state index contributed by atoms with van der Waals surface area (Å²) in [5, 5.41) is 10.6. The van der Waals surface area contributed by atoms with Crippen molar-refractivity contribution < 1.29 is 4.79 Å². The van der Waals surface area contributed by atoms with E-state index in [0.29, 0.717) is 5.92 Å². The molecule has 0 radical (unpaired) electrons. The Morgan fingerprint density at radius 1 is 1.32 bits per heavy atom. The minimum Gasteiger partial charge on any atom is -0.352 e. The number of nitrogens with one attached hydrogen (secondary N) is 2. The summed E-state index contributed by atoms with van der Waals surface area (Å²) in [6, 6.07) is 0.182. The number of amides is 1. The van der Waals surface area contributed by atoms with Gasteiger partial charge in [0.25, 0.3) is 0 Å². The molecule has 0 saturated carbocycles. The topological polar surface area (TPSA) is 59.0 Å². The molecule has 0 fully saturated rings. The Morgan fingerprint density at radius 2 is 1.95 bits per heavy atom. The number of aromatic nitrogens is 2. The molecule has 0 aliphatic carbocycles. The molecular weight excluding hydrogens is 240 g/mol. The number of carbonyl (C=O) groups excluding carboxylic acids is 1. The maximum Gasteiger partial charge on any atom is 0.241 e. The van der Waals surface area contributed by atoms with Crippen LogP contribution < -0.4 is 10.6 Å². The van der Waals surface area contributed by atoms with Gasteiger partial charge in [-0.05, 0) is 33.7 Å². The summed E-state index contributed by atoms with van der Waals surface area (Å²) < 4.78 is 1.78. The van der Waals surface area contributed by atoms with Crippen LogP contribution in [0, 0.1) is 19.8 Å². The third-order valence-corrected chi connectivity index (χ3v) is 3.57. The number of carbonyl (C=O) groups is 1. The SMILES string of the molecule is CNCc1c(C)nn(CC(=O)NC(C)C(C)C)c1C. The number of hydrogen-bond acceptors (Lipinski definition) is 3. The Bertz CT molecular complexity index is 437. The molecule has 0 aromatic carbocycles. The van der Waals surface area contributed by atoms with Crippen LogP contribution in [0.1, 0.15) is 37.7 Å². The van der Waals surface area contributed by atoms with Gasteiger partial charge in [-0.25, -0.2) is 0 Å². The third-order valence-electron chi connectivity index (χ3n) is 3.57. The summed E-state index contributed by atoms with van der Waals surface area (Å²) in [4.78, 5) is 12.0. The molecule has 108 valence electrons. The molecule has 1 atom stereocenters. The molecule has 1 aromatic rings. The van der Waals surface area contributed by atoms with Gasteiger partial charge in [0, 0.05) is 23.8 Å².